The van der Waals surface area contributed by atoms with Crippen molar-refractivity contribution in [3.8, 4) is 0 Å². The zero-order valence-corrected chi connectivity index (χ0v) is 13.3. The Morgan fingerprint density at radius 2 is 2.23 bits per heavy atom. The van der Waals surface area contributed by atoms with Crippen LogP contribution in [0, 0.1) is 5.92 Å². The summed E-state index contributed by atoms with van der Waals surface area (Å²) < 4.78 is 0. The van der Waals surface area contributed by atoms with Gasteiger partial charge in [-0.05, 0) is 24.1 Å². The summed E-state index contributed by atoms with van der Waals surface area (Å²) in [5.74, 6) is 0.752. The number of amides is 2. The molecule has 6 heteroatoms. The van der Waals surface area contributed by atoms with Crippen LogP contribution < -0.4 is 10.7 Å². The highest BCUT2D eigenvalue weighted by molar-refractivity contribution is 8.13. The summed E-state index contributed by atoms with van der Waals surface area (Å²) in [7, 11) is 0. The van der Waals surface area contributed by atoms with Gasteiger partial charge in [0.25, 0.3) is 5.24 Å². The second-order valence-corrected chi connectivity index (χ2v) is 6.12. The van der Waals surface area contributed by atoms with Gasteiger partial charge in [-0.25, -0.2) is 5.43 Å². The van der Waals surface area contributed by atoms with Crippen LogP contribution in [0.3, 0.4) is 0 Å². The largest absolute Gasteiger partial charge is 0.317 e. The molecule has 1 atom stereocenters. The molecular weight excluding hydrogens is 298 g/mol. The van der Waals surface area contributed by atoms with E-state index in [1.807, 2.05) is 31.2 Å². The molecule has 5 nitrogen and oxygen atoms in total. The summed E-state index contributed by atoms with van der Waals surface area (Å²) in [5, 5.41) is 6.87. The number of anilines is 1. The van der Waals surface area contributed by atoms with Gasteiger partial charge in [-0.15, -0.1) is 6.58 Å². The summed E-state index contributed by atoms with van der Waals surface area (Å²) in [4.78, 5) is 23.0. The average molecular weight is 317 g/mol. The van der Waals surface area contributed by atoms with Gasteiger partial charge < -0.3 is 5.32 Å². The molecule has 1 aromatic carbocycles. The Kier molecular flexibility index (Phi) is 5.77. The first-order chi connectivity index (χ1) is 10.6. The summed E-state index contributed by atoms with van der Waals surface area (Å²) in [5.41, 5.74) is 5.06. The van der Waals surface area contributed by atoms with Crippen LogP contribution in [0.1, 0.15) is 25.3 Å². The van der Waals surface area contributed by atoms with E-state index in [-0.39, 0.29) is 17.1 Å². The van der Waals surface area contributed by atoms with Gasteiger partial charge in [0, 0.05) is 23.8 Å². The number of rotatable bonds is 5. The van der Waals surface area contributed by atoms with Gasteiger partial charge in [0.1, 0.15) is 0 Å². The number of nitrogens with zero attached hydrogens (tertiary/aromatic N) is 1. The Labute approximate surface area is 134 Å². The Balaban J connectivity index is 1.97. The number of thioether (sulfide) groups is 1. The molecule has 1 unspecified atom stereocenters. The Morgan fingerprint density at radius 3 is 2.86 bits per heavy atom. The maximum Gasteiger partial charge on any atom is 0.283 e. The molecule has 2 amide bonds. The predicted molar refractivity (Wildman–Crippen MR) is 91.2 cm³/mol. The highest BCUT2D eigenvalue weighted by Gasteiger charge is 2.21. The molecule has 2 rings (SSSR count). The first-order valence-electron chi connectivity index (χ1n) is 7.11. The number of allylic oxidation sites excluding steroid dienone is 1. The molecule has 0 saturated carbocycles. The molecule has 1 aliphatic rings. The maximum absolute atomic E-state index is 11.7. The van der Waals surface area contributed by atoms with Crippen molar-refractivity contribution >= 4 is 34.3 Å². The van der Waals surface area contributed by atoms with Crippen molar-refractivity contribution in [1.29, 1.82) is 0 Å². The van der Waals surface area contributed by atoms with Crippen LogP contribution in [0.15, 0.2) is 42.0 Å². The summed E-state index contributed by atoms with van der Waals surface area (Å²) >= 11 is 1.24. The minimum atomic E-state index is -0.0785. The Hall–Kier alpha value is -2.08. The normalized spacial score (nSPS) is 17.4. The molecule has 0 spiro atoms. The first-order valence-corrected chi connectivity index (χ1v) is 8.10. The standard InChI is InChI=1S/C16H19N3O2S/c1-3-4-9-22-16(21)17-13-7-5-12(6-8-13)15-11(2)10-14(20)18-19-15/h3,5-8,11H,1,4,9-10H2,2H3,(H,17,21)(H,18,20). The van der Waals surface area contributed by atoms with Gasteiger partial charge in [-0.2, -0.15) is 5.10 Å². The third-order valence-electron chi connectivity index (χ3n) is 3.24. The van der Waals surface area contributed by atoms with E-state index >= 15 is 0 Å². The van der Waals surface area contributed by atoms with Crippen molar-refractivity contribution in [2.75, 3.05) is 11.1 Å². The minimum absolute atomic E-state index is 0.0586. The van der Waals surface area contributed by atoms with Gasteiger partial charge in [0.15, 0.2) is 0 Å². The molecule has 1 aromatic rings. The summed E-state index contributed by atoms with van der Waals surface area (Å²) in [6.45, 7) is 5.60. The molecule has 1 aliphatic heterocycles. The zero-order chi connectivity index (χ0) is 15.9. The van der Waals surface area contributed by atoms with E-state index in [0.717, 1.165) is 29.1 Å². The lowest BCUT2D eigenvalue weighted by molar-refractivity contribution is -0.121. The van der Waals surface area contributed by atoms with E-state index in [9.17, 15) is 9.59 Å². The number of nitrogens with one attached hydrogen (secondary N) is 2. The molecule has 0 radical (unpaired) electrons. The van der Waals surface area contributed by atoms with E-state index in [0.29, 0.717) is 6.42 Å². The quantitative estimate of drug-likeness (QED) is 0.646. The van der Waals surface area contributed by atoms with E-state index in [1.54, 1.807) is 6.08 Å². The number of hydrogen-bond acceptors (Lipinski definition) is 4. The van der Waals surface area contributed by atoms with Crippen molar-refractivity contribution < 1.29 is 9.59 Å². The van der Waals surface area contributed by atoms with Gasteiger partial charge in [0.05, 0.1) is 5.71 Å². The fourth-order valence-electron chi connectivity index (χ4n) is 2.12. The van der Waals surface area contributed by atoms with Gasteiger partial charge >= 0.3 is 0 Å². The van der Waals surface area contributed by atoms with E-state index in [1.165, 1.54) is 11.8 Å². The lowest BCUT2D eigenvalue weighted by atomic mass is 9.94. The highest BCUT2D eigenvalue weighted by Crippen LogP contribution is 2.19. The zero-order valence-electron chi connectivity index (χ0n) is 12.5. The minimum Gasteiger partial charge on any atom is -0.317 e. The predicted octanol–water partition coefficient (Wildman–Crippen LogP) is 3.39. The van der Waals surface area contributed by atoms with Crippen LogP contribution in [-0.2, 0) is 4.79 Å². The molecule has 1 heterocycles. The van der Waals surface area contributed by atoms with E-state index in [4.69, 9.17) is 0 Å². The molecule has 0 bridgehead atoms. The lowest BCUT2D eigenvalue weighted by Crippen LogP contribution is -2.31. The topological polar surface area (TPSA) is 70.6 Å². The number of benzene rings is 1. The van der Waals surface area contributed by atoms with Crippen LogP contribution in [0.5, 0.6) is 0 Å². The van der Waals surface area contributed by atoms with Crippen molar-refractivity contribution in [3.63, 3.8) is 0 Å². The molecular formula is C16H19N3O2S. The fourth-order valence-corrected chi connectivity index (χ4v) is 2.78. The van der Waals surface area contributed by atoms with Gasteiger partial charge in [-0.1, -0.05) is 36.9 Å². The summed E-state index contributed by atoms with van der Waals surface area (Å²) in [6, 6.07) is 7.48. The van der Waals surface area contributed by atoms with Crippen molar-refractivity contribution in [2.45, 2.75) is 19.8 Å². The molecule has 22 heavy (non-hydrogen) atoms. The molecule has 0 fully saturated rings. The van der Waals surface area contributed by atoms with Crippen molar-refractivity contribution in [1.82, 2.24) is 5.43 Å². The van der Waals surface area contributed by atoms with E-state index < -0.39 is 0 Å². The van der Waals surface area contributed by atoms with Crippen molar-refractivity contribution in [3.05, 3.63) is 42.5 Å². The van der Waals surface area contributed by atoms with Crippen LogP contribution >= 0.6 is 11.8 Å². The van der Waals surface area contributed by atoms with Crippen molar-refractivity contribution in [2.24, 2.45) is 11.0 Å². The Bertz CT molecular complexity index is 596. The maximum atomic E-state index is 11.7. The third kappa shape index (κ3) is 4.46. The molecule has 2 N–H and O–H groups in total. The SMILES string of the molecule is C=CCCSC(=O)Nc1ccc(C2=NNC(=O)CC2C)cc1. The van der Waals surface area contributed by atoms with Crippen LogP contribution in [-0.4, -0.2) is 22.6 Å². The van der Waals surface area contributed by atoms with Gasteiger partial charge in [0.2, 0.25) is 5.91 Å². The van der Waals surface area contributed by atoms with Gasteiger partial charge in [-0.3, -0.25) is 9.59 Å². The second-order valence-electron chi connectivity index (χ2n) is 5.05. The molecule has 0 aromatic heterocycles. The smallest absolute Gasteiger partial charge is 0.283 e. The monoisotopic (exact) mass is 317 g/mol. The lowest BCUT2D eigenvalue weighted by Gasteiger charge is -2.19. The first kappa shape index (κ1) is 16.3. The molecule has 0 saturated heterocycles. The number of hydrogen-bond donors (Lipinski definition) is 2. The number of hydrazone groups is 1. The van der Waals surface area contributed by atoms with Crippen LogP contribution in [0.25, 0.3) is 0 Å². The third-order valence-corrected chi connectivity index (χ3v) is 4.05. The fraction of sp³-hybridized carbons (Fsp3) is 0.312. The van der Waals surface area contributed by atoms with E-state index in [2.05, 4.69) is 22.4 Å². The van der Waals surface area contributed by atoms with Crippen LogP contribution in [0.2, 0.25) is 0 Å². The second kappa shape index (κ2) is 7.79. The highest BCUT2D eigenvalue weighted by atomic mass is 32.2. The number of carbonyl (C=O) groups is 2. The van der Waals surface area contributed by atoms with Crippen LogP contribution in [0.4, 0.5) is 10.5 Å². The average Bonchev–Trinajstić information content (AvgIpc) is 2.49. The number of carbonyl (C=O) groups excluding carboxylic acids is 2. The summed E-state index contributed by atoms with van der Waals surface area (Å²) in [6.07, 6.45) is 3.04. The molecule has 116 valence electrons. The molecule has 0 aliphatic carbocycles. The Morgan fingerprint density at radius 1 is 1.50 bits per heavy atom.